The second-order valence-corrected chi connectivity index (χ2v) is 7.14. The van der Waals surface area contributed by atoms with Gasteiger partial charge in [-0.15, -0.1) is 0 Å². The molecule has 0 spiro atoms. The molecule has 2 aliphatic heterocycles. The highest BCUT2D eigenvalue weighted by atomic mass is 16.5. The van der Waals surface area contributed by atoms with Gasteiger partial charge < -0.3 is 14.7 Å². The molecule has 26 heavy (non-hydrogen) atoms. The zero-order valence-corrected chi connectivity index (χ0v) is 15.2. The van der Waals surface area contributed by atoms with Crippen LogP contribution in [0.15, 0.2) is 42.6 Å². The average Bonchev–Trinajstić information content (AvgIpc) is 3.23. The second-order valence-electron chi connectivity index (χ2n) is 7.14. The highest BCUT2D eigenvalue weighted by Gasteiger charge is 2.46. The molecule has 1 aromatic heterocycles. The fourth-order valence-electron chi connectivity index (χ4n) is 4.24. The van der Waals surface area contributed by atoms with Crippen LogP contribution in [-0.4, -0.2) is 59.3 Å². The van der Waals surface area contributed by atoms with Crippen molar-refractivity contribution < 1.29 is 9.84 Å². The van der Waals surface area contributed by atoms with E-state index in [1.165, 1.54) is 12.8 Å². The third-order valence-corrected chi connectivity index (χ3v) is 5.67. The first-order chi connectivity index (χ1) is 12.7. The summed E-state index contributed by atoms with van der Waals surface area (Å²) in [5, 5.41) is 11.7. The van der Waals surface area contributed by atoms with Crippen molar-refractivity contribution in [2.24, 2.45) is 0 Å². The zero-order valence-electron chi connectivity index (χ0n) is 15.2. The maximum Gasteiger partial charge on any atom is 0.228 e. The van der Waals surface area contributed by atoms with E-state index in [1.807, 2.05) is 30.3 Å². The number of aliphatic hydroxyl groups is 1. The summed E-state index contributed by atoms with van der Waals surface area (Å²) in [7, 11) is 1.61. The number of rotatable bonds is 4. The van der Waals surface area contributed by atoms with Crippen molar-refractivity contribution in [3.05, 3.63) is 48.2 Å². The van der Waals surface area contributed by atoms with Crippen LogP contribution in [0.25, 0.3) is 0 Å². The molecule has 1 N–H and O–H groups in total. The van der Waals surface area contributed by atoms with E-state index < -0.39 is 5.60 Å². The summed E-state index contributed by atoms with van der Waals surface area (Å²) in [5.74, 6) is 1.24. The molecule has 0 aliphatic carbocycles. The first-order valence-electron chi connectivity index (χ1n) is 9.34. The van der Waals surface area contributed by atoms with E-state index in [1.54, 1.807) is 19.4 Å². The highest BCUT2D eigenvalue weighted by molar-refractivity contribution is 5.37. The molecular formula is C20H26N4O2. The lowest BCUT2D eigenvalue weighted by molar-refractivity contribution is -0.0604. The number of nitrogens with zero attached hydrogens (tertiary/aromatic N) is 4. The summed E-state index contributed by atoms with van der Waals surface area (Å²) in [5.41, 5.74) is 0.157. The number of ether oxygens (including phenoxy) is 1. The molecule has 6 nitrogen and oxygen atoms in total. The van der Waals surface area contributed by atoms with Crippen LogP contribution in [0.1, 0.15) is 24.8 Å². The predicted molar refractivity (Wildman–Crippen MR) is 100 cm³/mol. The lowest BCUT2D eigenvalue weighted by Crippen LogP contribution is -2.60. The van der Waals surface area contributed by atoms with Gasteiger partial charge in [-0.1, -0.05) is 30.3 Å². The molecule has 2 aromatic rings. The van der Waals surface area contributed by atoms with Crippen LogP contribution in [-0.2, 0) is 5.60 Å². The van der Waals surface area contributed by atoms with Crippen LogP contribution in [0.3, 0.4) is 0 Å². The molecule has 3 heterocycles. The minimum atomic E-state index is -0.846. The average molecular weight is 354 g/mol. The van der Waals surface area contributed by atoms with Gasteiger partial charge in [0.2, 0.25) is 11.8 Å². The molecule has 2 saturated heterocycles. The normalized spacial score (nSPS) is 26.8. The smallest absolute Gasteiger partial charge is 0.228 e. The largest absolute Gasteiger partial charge is 0.481 e. The Bertz CT molecular complexity index is 736. The topological polar surface area (TPSA) is 61.7 Å². The molecule has 2 atom stereocenters. The second kappa shape index (κ2) is 7.21. The van der Waals surface area contributed by atoms with Crippen LogP contribution in [0, 0.1) is 0 Å². The van der Waals surface area contributed by atoms with Crippen molar-refractivity contribution in [1.29, 1.82) is 0 Å². The van der Waals surface area contributed by atoms with Crippen molar-refractivity contribution in [3.8, 4) is 5.88 Å². The van der Waals surface area contributed by atoms with E-state index in [0.29, 0.717) is 31.3 Å². The molecule has 2 fully saturated rings. The van der Waals surface area contributed by atoms with Gasteiger partial charge >= 0.3 is 0 Å². The summed E-state index contributed by atoms with van der Waals surface area (Å²) in [4.78, 5) is 13.5. The molecule has 0 unspecified atom stereocenters. The fraction of sp³-hybridized carbons (Fsp3) is 0.500. The number of hydrogen-bond acceptors (Lipinski definition) is 6. The van der Waals surface area contributed by atoms with Gasteiger partial charge in [0.05, 0.1) is 13.2 Å². The maximum atomic E-state index is 11.7. The van der Waals surface area contributed by atoms with Crippen LogP contribution in [0.4, 0.5) is 5.95 Å². The molecule has 6 heteroatoms. The van der Waals surface area contributed by atoms with Crippen molar-refractivity contribution >= 4 is 5.95 Å². The number of likely N-dealkylation sites (tertiary alicyclic amines) is 1. The maximum absolute atomic E-state index is 11.7. The Morgan fingerprint density at radius 1 is 1.12 bits per heavy atom. The lowest BCUT2D eigenvalue weighted by atomic mass is 9.79. The Balaban J connectivity index is 1.64. The molecule has 138 valence electrons. The molecule has 1 aromatic carbocycles. The number of benzene rings is 1. The zero-order chi connectivity index (χ0) is 18.0. The van der Waals surface area contributed by atoms with Gasteiger partial charge in [0.25, 0.3) is 0 Å². The third-order valence-electron chi connectivity index (χ3n) is 5.67. The summed E-state index contributed by atoms with van der Waals surface area (Å²) >= 11 is 0. The fourth-order valence-corrected chi connectivity index (χ4v) is 4.24. The minimum Gasteiger partial charge on any atom is -0.481 e. The van der Waals surface area contributed by atoms with E-state index in [0.717, 1.165) is 18.7 Å². The Morgan fingerprint density at radius 2 is 1.88 bits per heavy atom. The van der Waals surface area contributed by atoms with E-state index in [9.17, 15) is 5.11 Å². The molecule has 2 aliphatic rings. The van der Waals surface area contributed by atoms with Gasteiger partial charge in [0.1, 0.15) is 5.60 Å². The predicted octanol–water partition coefficient (Wildman–Crippen LogP) is 2.05. The van der Waals surface area contributed by atoms with Crippen LogP contribution < -0.4 is 9.64 Å². The van der Waals surface area contributed by atoms with Crippen LogP contribution in [0.5, 0.6) is 5.88 Å². The van der Waals surface area contributed by atoms with Gasteiger partial charge in [0, 0.05) is 25.4 Å². The van der Waals surface area contributed by atoms with Gasteiger partial charge in [0.15, 0.2) is 0 Å². The number of methoxy groups -OCH3 is 1. The number of hydrogen-bond donors (Lipinski definition) is 1. The Hall–Kier alpha value is -2.18. The van der Waals surface area contributed by atoms with Gasteiger partial charge in [-0.2, -0.15) is 4.98 Å². The molecule has 4 rings (SSSR count). The van der Waals surface area contributed by atoms with Gasteiger partial charge in [-0.05, 0) is 37.9 Å². The Kier molecular flexibility index (Phi) is 4.78. The summed E-state index contributed by atoms with van der Waals surface area (Å²) in [6.07, 6.45) is 4.76. The summed E-state index contributed by atoms with van der Waals surface area (Å²) < 4.78 is 5.24. The first-order valence-corrected chi connectivity index (χ1v) is 9.34. The molecule has 0 radical (unpaired) electrons. The Morgan fingerprint density at radius 3 is 2.62 bits per heavy atom. The number of aromatic nitrogens is 2. The van der Waals surface area contributed by atoms with Crippen molar-refractivity contribution in [2.45, 2.75) is 30.9 Å². The Labute approximate surface area is 154 Å². The van der Waals surface area contributed by atoms with E-state index in [4.69, 9.17) is 4.74 Å². The first kappa shape index (κ1) is 17.2. The molecule has 0 bridgehead atoms. The van der Waals surface area contributed by atoms with E-state index in [2.05, 4.69) is 19.8 Å². The third kappa shape index (κ3) is 3.15. The monoisotopic (exact) mass is 354 g/mol. The molecular weight excluding hydrogens is 328 g/mol. The summed E-state index contributed by atoms with van der Waals surface area (Å²) in [6, 6.07) is 11.9. The molecule has 0 amide bonds. The minimum absolute atomic E-state index is 0.0240. The van der Waals surface area contributed by atoms with Crippen LogP contribution >= 0.6 is 0 Å². The summed E-state index contributed by atoms with van der Waals surface area (Å²) in [6.45, 7) is 3.49. The molecule has 0 saturated carbocycles. The number of piperidine rings is 1. The van der Waals surface area contributed by atoms with Gasteiger partial charge in [-0.25, -0.2) is 4.98 Å². The van der Waals surface area contributed by atoms with Gasteiger partial charge in [-0.3, -0.25) is 4.90 Å². The van der Waals surface area contributed by atoms with E-state index in [-0.39, 0.29) is 6.04 Å². The van der Waals surface area contributed by atoms with Crippen molar-refractivity contribution in [1.82, 2.24) is 14.9 Å². The van der Waals surface area contributed by atoms with E-state index >= 15 is 0 Å². The highest BCUT2D eigenvalue weighted by Crippen LogP contribution is 2.38. The number of anilines is 1. The quantitative estimate of drug-likeness (QED) is 0.907. The lowest BCUT2D eigenvalue weighted by Gasteiger charge is -2.48. The van der Waals surface area contributed by atoms with Crippen molar-refractivity contribution in [2.75, 3.05) is 38.2 Å². The standard InChI is InChI=1S/C20H26N4O2/c1-26-18-9-11-21-19(22-18)24-14-10-20(25,16-7-3-2-4-8-16)17(15-24)23-12-5-6-13-23/h2-4,7-9,11,17,25H,5-6,10,12-15H2,1H3/t17-,20+/m1/s1. The van der Waals surface area contributed by atoms with Crippen LogP contribution in [0.2, 0.25) is 0 Å². The SMILES string of the molecule is COc1ccnc(N2CC[C@](O)(c3ccccc3)[C@H](N3CCCC3)C2)n1. The van der Waals surface area contributed by atoms with Crippen molar-refractivity contribution in [3.63, 3.8) is 0 Å².